The Morgan fingerprint density at radius 2 is 1.36 bits per heavy atom. The second-order valence-corrected chi connectivity index (χ2v) is 7.55. The topological polar surface area (TPSA) is 27.7 Å². The van der Waals surface area contributed by atoms with Gasteiger partial charge in [-0.2, -0.15) is 0 Å². The molecule has 14 heavy (non-hydrogen) atoms. The Labute approximate surface area is 98.0 Å². The van der Waals surface area contributed by atoms with Gasteiger partial charge >= 0.3 is 0 Å². The summed E-state index contributed by atoms with van der Waals surface area (Å²) in [6.07, 6.45) is 0. The summed E-state index contributed by atoms with van der Waals surface area (Å²) >= 11 is 3.56. The van der Waals surface area contributed by atoms with Gasteiger partial charge in [0, 0.05) is 19.8 Å². The molecule has 0 rings (SSSR count). The second kappa shape index (κ2) is 6.22. The van der Waals surface area contributed by atoms with E-state index in [-0.39, 0.29) is 0 Å². The maximum atomic E-state index is 5.63. The van der Waals surface area contributed by atoms with E-state index >= 15 is 0 Å². The first-order chi connectivity index (χ1) is 6.43. The van der Waals surface area contributed by atoms with Crippen LogP contribution in [0.25, 0.3) is 0 Å². The van der Waals surface area contributed by atoms with Crippen molar-refractivity contribution in [1.82, 2.24) is 0 Å². The normalized spacial score (nSPS) is 16.9. The molecule has 0 heterocycles. The van der Waals surface area contributed by atoms with Crippen LogP contribution in [0.4, 0.5) is 0 Å². The van der Waals surface area contributed by atoms with Gasteiger partial charge in [-0.1, -0.05) is 15.9 Å². The first-order valence-electron chi connectivity index (χ1n) is 5.04. The highest BCUT2D eigenvalue weighted by Crippen LogP contribution is 2.34. The first kappa shape index (κ1) is 14.6. The van der Waals surface area contributed by atoms with Crippen LogP contribution in [0.3, 0.4) is 0 Å². The molecule has 0 aliphatic heterocycles. The van der Waals surface area contributed by atoms with E-state index in [0.717, 1.165) is 10.2 Å². The number of rotatable bonds is 7. The van der Waals surface area contributed by atoms with Crippen molar-refractivity contribution in [3.63, 3.8) is 0 Å². The minimum atomic E-state index is -0.696. The molecule has 0 amide bonds. The van der Waals surface area contributed by atoms with Gasteiger partial charge in [0.15, 0.2) is 9.92 Å². The molecule has 0 aliphatic carbocycles. The van der Waals surface area contributed by atoms with Crippen molar-refractivity contribution in [3.8, 4) is 0 Å². The summed E-state index contributed by atoms with van der Waals surface area (Å²) < 4.78 is 16.4. The molecule has 0 saturated heterocycles. The van der Waals surface area contributed by atoms with Crippen molar-refractivity contribution in [2.45, 2.75) is 37.6 Å². The Morgan fingerprint density at radius 3 is 1.64 bits per heavy atom. The standard InChI is InChI=1S/C9H21BrO3Si/c1-5-11-8(4,12-6-2)9(10,14)13-7-3/h5-7H2,1-4,14H3. The van der Waals surface area contributed by atoms with Crippen molar-refractivity contribution in [2.24, 2.45) is 0 Å². The molecule has 0 aromatic rings. The van der Waals surface area contributed by atoms with Crippen LogP contribution in [0.1, 0.15) is 27.7 Å². The SMILES string of the molecule is CCOC([SiH3])(Br)C(C)(OCC)OCC. The van der Waals surface area contributed by atoms with Crippen LogP contribution in [0, 0.1) is 0 Å². The van der Waals surface area contributed by atoms with Crippen LogP contribution in [-0.2, 0) is 14.2 Å². The van der Waals surface area contributed by atoms with Gasteiger partial charge in [0.05, 0.1) is 10.2 Å². The largest absolute Gasteiger partial charge is 0.363 e. The molecule has 86 valence electrons. The molecule has 0 aromatic carbocycles. The van der Waals surface area contributed by atoms with Crippen LogP contribution in [0.2, 0.25) is 0 Å². The summed E-state index contributed by atoms with van der Waals surface area (Å²) in [6.45, 7) is 9.65. The summed E-state index contributed by atoms with van der Waals surface area (Å²) in [5, 5.41) is 0. The molecular weight excluding hydrogens is 264 g/mol. The molecule has 3 nitrogen and oxygen atoms in total. The van der Waals surface area contributed by atoms with Gasteiger partial charge in [-0.15, -0.1) is 0 Å². The van der Waals surface area contributed by atoms with Gasteiger partial charge in [-0.25, -0.2) is 0 Å². The molecule has 0 bridgehead atoms. The summed E-state index contributed by atoms with van der Waals surface area (Å²) in [5.41, 5.74) is 0. The van der Waals surface area contributed by atoms with Gasteiger partial charge in [-0.3, -0.25) is 0 Å². The second-order valence-electron chi connectivity index (χ2n) is 3.16. The Bertz CT molecular complexity index is 158. The highest BCUT2D eigenvalue weighted by molar-refractivity contribution is 9.10. The molecule has 0 spiro atoms. The lowest BCUT2D eigenvalue weighted by Crippen LogP contribution is -2.54. The maximum absolute atomic E-state index is 5.63. The minimum absolute atomic E-state index is 0.485. The molecule has 0 fully saturated rings. The zero-order chi connectivity index (χ0) is 11.2. The predicted octanol–water partition coefficient (Wildman–Crippen LogP) is 1.23. The van der Waals surface area contributed by atoms with E-state index in [2.05, 4.69) is 15.9 Å². The molecule has 0 saturated carbocycles. The zero-order valence-electron chi connectivity index (χ0n) is 9.72. The Balaban J connectivity index is 4.59. The van der Waals surface area contributed by atoms with E-state index < -0.39 is 9.92 Å². The van der Waals surface area contributed by atoms with Crippen molar-refractivity contribution < 1.29 is 14.2 Å². The lowest BCUT2D eigenvalue weighted by atomic mass is 10.3. The van der Waals surface area contributed by atoms with E-state index in [1.54, 1.807) is 0 Å². The third-order valence-corrected chi connectivity index (χ3v) is 4.21. The molecule has 1 unspecified atom stereocenters. The molecule has 1 atom stereocenters. The third kappa shape index (κ3) is 3.62. The lowest BCUT2D eigenvalue weighted by molar-refractivity contribution is -0.266. The Morgan fingerprint density at radius 1 is 1.00 bits per heavy atom. The highest BCUT2D eigenvalue weighted by atomic mass is 79.9. The van der Waals surface area contributed by atoms with Gasteiger partial charge < -0.3 is 14.2 Å². The molecule has 0 radical (unpaired) electrons. The molecule has 5 heteroatoms. The van der Waals surface area contributed by atoms with E-state index in [1.807, 2.05) is 27.7 Å². The van der Waals surface area contributed by atoms with Crippen LogP contribution in [0.5, 0.6) is 0 Å². The van der Waals surface area contributed by atoms with Crippen molar-refractivity contribution in [1.29, 1.82) is 0 Å². The quantitative estimate of drug-likeness (QED) is 0.400. The number of hydrogen-bond donors (Lipinski definition) is 0. The monoisotopic (exact) mass is 284 g/mol. The fraction of sp³-hybridized carbons (Fsp3) is 1.00. The maximum Gasteiger partial charge on any atom is 0.200 e. The van der Waals surface area contributed by atoms with Crippen LogP contribution >= 0.6 is 15.9 Å². The van der Waals surface area contributed by atoms with Crippen LogP contribution < -0.4 is 0 Å². The van der Waals surface area contributed by atoms with E-state index in [0.29, 0.717) is 19.8 Å². The molecular formula is C9H21BrO3Si. The minimum Gasteiger partial charge on any atom is -0.363 e. The van der Waals surface area contributed by atoms with Gasteiger partial charge in [0.25, 0.3) is 0 Å². The fourth-order valence-electron chi connectivity index (χ4n) is 1.25. The number of alkyl halides is 1. The smallest absolute Gasteiger partial charge is 0.200 e. The first-order valence-corrected chi connectivity index (χ1v) is 6.83. The van der Waals surface area contributed by atoms with Crippen LogP contribution in [-0.4, -0.2) is 40.0 Å². The van der Waals surface area contributed by atoms with Gasteiger partial charge in [0.2, 0.25) is 0 Å². The summed E-state index contributed by atoms with van der Waals surface area (Å²) in [6, 6.07) is 0. The van der Waals surface area contributed by atoms with Gasteiger partial charge in [0.1, 0.15) is 0 Å². The van der Waals surface area contributed by atoms with E-state index in [1.165, 1.54) is 0 Å². The highest BCUT2D eigenvalue weighted by Gasteiger charge is 2.45. The molecule has 0 aliphatic rings. The summed E-state index contributed by atoms with van der Waals surface area (Å²) in [4.78, 5) is 0. The third-order valence-electron chi connectivity index (χ3n) is 2.07. The van der Waals surface area contributed by atoms with Crippen molar-refractivity contribution in [3.05, 3.63) is 0 Å². The summed E-state index contributed by atoms with van der Waals surface area (Å²) in [7, 11) is 0.789. The summed E-state index contributed by atoms with van der Waals surface area (Å²) in [5.74, 6) is -0.696. The lowest BCUT2D eigenvalue weighted by Gasteiger charge is -2.41. The predicted molar refractivity (Wildman–Crippen MR) is 64.9 cm³/mol. The van der Waals surface area contributed by atoms with Crippen LogP contribution in [0.15, 0.2) is 0 Å². The molecule has 0 aromatic heterocycles. The fourth-order valence-corrected chi connectivity index (χ4v) is 2.29. The zero-order valence-corrected chi connectivity index (χ0v) is 13.3. The van der Waals surface area contributed by atoms with E-state index in [4.69, 9.17) is 14.2 Å². The van der Waals surface area contributed by atoms with Crippen molar-refractivity contribution >= 4 is 26.2 Å². The average Bonchev–Trinajstić information content (AvgIpc) is 2.04. The van der Waals surface area contributed by atoms with Gasteiger partial charge in [-0.05, 0) is 27.7 Å². The number of ether oxygens (including phenoxy) is 3. The Hall–Kier alpha value is 0.577. The van der Waals surface area contributed by atoms with Crippen molar-refractivity contribution in [2.75, 3.05) is 19.8 Å². The average molecular weight is 285 g/mol. The van der Waals surface area contributed by atoms with E-state index in [9.17, 15) is 0 Å². The number of hydrogen-bond acceptors (Lipinski definition) is 3. The Kier molecular flexibility index (Phi) is 6.48. The molecule has 0 N–H and O–H groups in total. The number of halogens is 1.